The number of nitrogens with zero attached hydrogens (tertiary/aromatic N) is 1. The molecule has 0 aliphatic carbocycles. The summed E-state index contributed by atoms with van der Waals surface area (Å²) in [6.07, 6.45) is 5.01. The molecule has 122 valence electrons. The van der Waals surface area contributed by atoms with Crippen LogP contribution in [0.5, 0.6) is 0 Å². The van der Waals surface area contributed by atoms with E-state index in [-0.39, 0.29) is 5.91 Å². The average molecular weight is 409 g/mol. The molecule has 0 fully saturated rings. The van der Waals surface area contributed by atoms with Crippen molar-refractivity contribution in [1.82, 2.24) is 4.98 Å². The predicted octanol–water partition coefficient (Wildman–Crippen LogP) is 4.96. The van der Waals surface area contributed by atoms with Gasteiger partial charge in [-0.1, -0.05) is 18.1 Å². The zero-order chi connectivity index (χ0) is 17.5. The Morgan fingerprint density at radius 2 is 2.04 bits per heavy atom. The number of carbonyl (C=O) groups is 1. The Balaban J connectivity index is 1.66. The Labute approximate surface area is 158 Å². The molecule has 0 spiro atoms. The summed E-state index contributed by atoms with van der Waals surface area (Å²) in [6.45, 7) is 0. The van der Waals surface area contributed by atoms with E-state index >= 15 is 0 Å². The summed E-state index contributed by atoms with van der Waals surface area (Å²) in [4.78, 5) is 17.2. The highest BCUT2D eigenvalue weighted by molar-refractivity contribution is 9.11. The van der Waals surface area contributed by atoms with Gasteiger partial charge in [-0.3, -0.25) is 4.79 Å². The molecule has 0 saturated carbocycles. The molecule has 5 heteroatoms. The SMILES string of the molecule is O=C(/C=C/c1ccc(Br)s1)Nc1cccc(C#Cc2ccccn2)c1. The molecule has 3 aromatic rings. The van der Waals surface area contributed by atoms with Crippen molar-refractivity contribution in [3.05, 3.63) is 86.8 Å². The van der Waals surface area contributed by atoms with Crippen LogP contribution in [-0.2, 0) is 4.79 Å². The Bertz CT molecular complexity index is 968. The predicted molar refractivity (Wildman–Crippen MR) is 106 cm³/mol. The number of halogens is 1. The normalized spacial score (nSPS) is 10.3. The highest BCUT2D eigenvalue weighted by Crippen LogP contribution is 2.23. The number of nitrogens with one attached hydrogen (secondary N) is 1. The molecule has 0 aliphatic rings. The molecule has 0 saturated heterocycles. The fraction of sp³-hybridized carbons (Fsp3) is 0. The maximum Gasteiger partial charge on any atom is 0.248 e. The lowest BCUT2D eigenvalue weighted by atomic mass is 10.2. The molecule has 2 aromatic heterocycles. The number of rotatable bonds is 3. The first-order valence-corrected chi connectivity index (χ1v) is 9.07. The fourth-order valence-corrected chi connectivity index (χ4v) is 3.33. The van der Waals surface area contributed by atoms with Gasteiger partial charge in [-0.15, -0.1) is 11.3 Å². The van der Waals surface area contributed by atoms with Gasteiger partial charge in [0.15, 0.2) is 0 Å². The average Bonchev–Trinajstić information content (AvgIpc) is 3.05. The van der Waals surface area contributed by atoms with Crippen molar-refractivity contribution in [2.45, 2.75) is 0 Å². The molecule has 0 atom stereocenters. The minimum atomic E-state index is -0.181. The van der Waals surface area contributed by atoms with Gasteiger partial charge < -0.3 is 5.32 Å². The van der Waals surface area contributed by atoms with Crippen molar-refractivity contribution in [3.63, 3.8) is 0 Å². The Morgan fingerprint density at radius 1 is 1.12 bits per heavy atom. The number of pyridine rings is 1. The zero-order valence-corrected chi connectivity index (χ0v) is 15.5. The van der Waals surface area contributed by atoms with E-state index in [1.807, 2.05) is 54.6 Å². The lowest BCUT2D eigenvalue weighted by Gasteiger charge is -2.02. The maximum absolute atomic E-state index is 12.0. The molecule has 0 aliphatic heterocycles. The first-order chi connectivity index (χ1) is 12.2. The van der Waals surface area contributed by atoms with Crippen LogP contribution < -0.4 is 5.32 Å². The number of carbonyl (C=O) groups excluding carboxylic acids is 1. The molecule has 1 N–H and O–H groups in total. The molecule has 1 amide bonds. The van der Waals surface area contributed by atoms with Gasteiger partial charge in [0.1, 0.15) is 5.69 Å². The van der Waals surface area contributed by atoms with Gasteiger partial charge in [-0.05, 0) is 70.4 Å². The number of thiophene rings is 1. The number of benzene rings is 1. The number of amides is 1. The van der Waals surface area contributed by atoms with Gasteiger partial charge in [-0.25, -0.2) is 4.98 Å². The van der Waals surface area contributed by atoms with Gasteiger partial charge in [0.25, 0.3) is 0 Å². The molecular weight excluding hydrogens is 396 g/mol. The van der Waals surface area contributed by atoms with Gasteiger partial charge in [0.05, 0.1) is 3.79 Å². The first-order valence-electron chi connectivity index (χ1n) is 7.46. The van der Waals surface area contributed by atoms with Crippen LogP contribution in [0, 0.1) is 11.8 Å². The molecule has 0 bridgehead atoms. The van der Waals surface area contributed by atoms with Crippen molar-refractivity contribution in [1.29, 1.82) is 0 Å². The molecular formula is C20H13BrN2OS. The fourth-order valence-electron chi connectivity index (χ4n) is 2.01. The van der Waals surface area contributed by atoms with E-state index in [1.54, 1.807) is 23.6 Å². The monoisotopic (exact) mass is 408 g/mol. The van der Waals surface area contributed by atoms with E-state index in [1.165, 1.54) is 6.08 Å². The van der Waals surface area contributed by atoms with E-state index in [4.69, 9.17) is 0 Å². The van der Waals surface area contributed by atoms with E-state index in [0.29, 0.717) is 11.4 Å². The van der Waals surface area contributed by atoms with E-state index in [0.717, 1.165) is 14.2 Å². The second kappa shape index (κ2) is 8.43. The third-order valence-electron chi connectivity index (χ3n) is 3.12. The Morgan fingerprint density at radius 3 is 2.80 bits per heavy atom. The minimum absolute atomic E-state index is 0.181. The molecule has 2 heterocycles. The van der Waals surface area contributed by atoms with Gasteiger partial charge in [0.2, 0.25) is 5.91 Å². The Hall–Kier alpha value is -2.68. The molecule has 3 nitrogen and oxygen atoms in total. The topological polar surface area (TPSA) is 42.0 Å². The lowest BCUT2D eigenvalue weighted by Crippen LogP contribution is -2.07. The van der Waals surface area contributed by atoms with E-state index < -0.39 is 0 Å². The zero-order valence-electron chi connectivity index (χ0n) is 13.1. The van der Waals surface area contributed by atoms with Crippen LogP contribution in [-0.4, -0.2) is 10.9 Å². The lowest BCUT2D eigenvalue weighted by molar-refractivity contribution is -0.111. The van der Waals surface area contributed by atoms with Crippen molar-refractivity contribution in [3.8, 4) is 11.8 Å². The van der Waals surface area contributed by atoms with Crippen LogP contribution in [0.15, 0.2) is 70.7 Å². The van der Waals surface area contributed by atoms with E-state index in [2.05, 4.69) is 38.1 Å². The van der Waals surface area contributed by atoms with Crippen molar-refractivity contribution < 1.29 is 4.79 Å². The van der Waals surface area contributed by atoms with E-state index in [9.17, 15) is 4.79 Å². The molecule has 3 rings (SSSR count). The summed E-state index contributed by atoms with van der Waals surface area (Å²) in [5, 5.41) is 2.84. The highest BCUT2D eigenvalue weighted by atomic mass is 79.9. The summed E-state index contributed by atoms with van der Waals surface area (Å²) in [5.41, 5.74) is 2.23. The second-order valence-corrected chi connectivity index (χ2v) is 7.50. The van der Waals surface area contributed by atoms with Crippen molar-refractivity contribution in [2.24, 2.45) is 0 Å². The largest absolute Gasteiger partial charge is 0.322 e. The molecule has 0 unspecified atom stereocenters. The summed E-state index contributed by atoms with van der Waals surface area (Å²) in [6, 6.07) is 16.9. The van der Waals surface area contributed by atoms with Crippen LogP contribution in [0.25, 0.3) is 6.08 Å². The Kier molecular flexibility index (Phi) is 5.78. The van der Waals surface area contributed by atoms with Gasteiger partial charge >= 0.3 is 0 Å². The smallest absolute Gasteiger partial charge is 0.248 e. The third-order valence-corrected chi connectivity index (χ3v) is 4.71. The van der Waals surface area contributed by atoms with Crippen LogP contribution in [0.2, 0.25) is 0 Å². The number of hydrogen-bond donors (Lipinski definition) is 1. The number of hydrogen-bond acceptors (Lipinski definition) is 3. The third kappa shape index (κ3) is 5.42. The summed E-state index contributed by atoms with van der Waals surface area (Å²) in [5.74, 6) is 5.87. The summed E-state index contributed by atoms with van der Waals surface area (Å²) >= 11 is 4.97. The van der Waals surface area contributed by atoms with Crippen LogP contribution in [0.4, 0.5) is 5.69 Å². The molecule has 0 radical (unpaired) electrons. The minimum Gasteiger partial charge on any atom is -0.322 e. The highest BCUT2D eigenvalue weighted by Gasteiger charge is 1.99. The maximum atomic E-state index is 12.0. The summed E-state index contributed by atoms with van der Waals surface area (Å²) < 4.78 is 1.03. The van der Waals surface area contributed by atoms with Gasteiger partial charge in [0, 0.05) is 28.4 Å². The molecule has 25 heavy (non-hydrogen) atoms. The first kappa shape index (κ1) is 17.2. The van der Waals surface area contributed by atoms with Crippen molar-refractivity contribution >= 4 is 44.9 Å². The van der Waals surface area contributed by atoms with Crippen molar-refractivity contribution in [2.75, 3.05) is 5.32 Å². The second-order valence-electron chi connectivity index (χ2n) is 5.01. The van der Waals surface area contributed by atoms with Crippen LogP contribution in [0.3, 0.4) is 0 Å². The number of aromatic nitrogens is 1. The van der Waals surface area contributed by atoms with Gasteiger partial charge in [-0.2, -0.15) is 0 Å². The number of anilines is 1. The standard InChI is InChI=1S/C20H13BrN2OS/c21-19-11-9-18(25-19)10-12-20(24)23-17-6-3-4-15(14-17)7-8-16-5-1-2-13-22-16/h1-6,9-14H,(H,23,24)/b12-10+. The quantitative estimate of drug-likeness (QED) is 0.491. The van der Waals surface area contributed by atoms with Crippen LogP contribution in [0.1, 0.15) is 16.1 Å². The molecule has 1 aromatic carbocycles. The summed E-state index contributed by atoms with van der Waals surface area (Å²) in [7, 11) is 0. The van der Waals surface area contributed by atoms with Crippen LogP contribution >= 0.6 is 27.3 Å².